The minimum Gasteiger partial charge on any atom is -0.497 e. The molecule has 5 heteroatoms. The number of benzene rings is 1. The highest BCUT2D eigenvalue weighted by atomic mass is 35.5. The van der Waals surface area contributed by atoms with Crippen molar-refractivity contribution in [1.82, 2.24) is 4.90 Å². The number of nitrogens with zero attached hydrogens (tertiary/aromatic N) is 2. The van der Waals surface area contributed by atoms with Gasteiger partial charge in [0.05, 0.1) is 7.11 Å². The molecule has 2 saturated heterocycles. The summed E-state index contributed by atoms with van der Waals surface area (Å²) in [6.45, 7) is 12.5. The monoisotopic (exact) mass is 464 g/mol. The molecular formula is C27H45ClN2O2. The highest BCUT2D eigenvalue weighted by molar-refractivity contribution is 5.85. The number of anilines is 1. The number of hydrogen-bond donors (Lipinski definition) is 0. The number of piperazine rings is 1. The molecule has 1 aliphatic carbocycles. The predicted octanol–water partition coefficient (Wildman–Crippen LogP) is 6.13. The molecule has 2 heterocycles. The van der Waals surface area contributed by atoms with Crippen molar-refractivity contribution in [1.29, 1.82) is 0 Å². The van der Waals surface area contributed by atoms with Crippen molar-refractivity contribution < 1.29 is 9.47 Å². The molecule has 1 aromatic carbocycles. The molecule has 0 spiro atoms. The van der Waals surface area contributed by atoms with Crippen LogP contribution in [0, 0.1) is 11.3 Å². The van der Waals surface area contributed by atoms with Crippen LogP contribution in [-0.2, 0) is 4.74 Å². The fourth-order valence-corrected chi connectivity index (χ4v) is 6.23. The molecule has 182 valence electrons. The number of hydrogen-bond acceptors (Lipinski definition) is 4. The fourth-order valence-electron chi connectivity index (χ4n) is 6.23. The maximum atomic E-state index is 5.63. The summed E-state index contributed by atoms with van der Waals surface area (Å²) in [6.07, 6.45) is 10.6. The molecule has 3 fully saturated rings. The average Bonchev–Trinajstić information content (AvgIpc) is 2.85. The van der Waals surface area contributed by atoms with Crippen LogP contribution in [0.2, 0.25) is 0 Å². The standard InChI is InChI=1S/C27H44N2O2.ClH/c1-4-27(5-2)12-8-23(9-13-27)25-7-6-24(30-3)20-26(25)29-16-14-28(15-17-29)21-22-10-18-31-19-11-22;/h6-7,20,22-23H,4-5,8-19,21H2,1-3H3;1H. The third-order valence-electron chi connectivity index (χ3n) is 8.79. The molecule has 1 saturated carbocycles. The molecular weight excluding hydrogens is 420 g/mol. The summed E-state index contributed by atoms with van der Waals surface area (Å²) in [5.41, 5.74) is 3.61. The van der Waals surface area contributed by atoms with Crippen molar-refractivity contribution >= 4 is 18.1 Å². The van der Waals surface area contributed by atoms with Crippen molar-refractivity contribution in [3.05, 3.63) is 23.8 Å². The van der Waals surface area contributed by atoms with Gasteiger partial charge in [-0.15, -0.1) is 12.4 Å². The molecule has 0 radical (unpaired) electrons. The summed E-state index contributed by atoms with van der Waals surface area (Å²) < 4.78 is 11.2. The second-order valence-electron chi connectivity index (χ2n) is 10.2. The summed E-state index contributed by atoms with van der Waals surface area (Å²) in [5, 5.41) is 0. The first-order valence-corrected chi connectivity index (χ1v) is 12.9. The largest absolute Gasteiger partial charge is 0.497 e. The molecule has 3 aliphatic rings. The van der Waals surface area contributed by atoms with E-state index < -0.39 is 0 Å². The van der Waals surface area contributed by atoms with Crippen LogP contribution in [-0.4, -0.2) is 57.9 Å². The zero-order valence-electron chi connectivity index (χ0n) is 20.6. The molecule has 0 N–H and O–H groups in total. The lowest BCUT2D eigenvalue weighted by Crippen LogP contribution is -2.48. The predicted molar refractivity (Wildman–Crippen MR) is 137 cm³/mol. The summed E-state index contributed by atoms with van der Waals surface area (Å²) >= 11 is 0. The Hall–Kier alpha value is -0.970. The molecule has 1 aromatic rings. The molecule has 0 atom stereocenters. The second kappa shape index (κ2) is 11.9. The lowest BCUT2D eigenvalue weighted by atomic mass is 9.66. The average molecular weight is 465 g/mol. The summed E-state index contributed by atoms with van der Waals surface area (Å²) in [4.78, 5) is 5.32. The van der Waals surface area contributed by atoms with E-state index in [0.717, 1.165) is 38.0 Å². The smallest absolute Gasteiger partial charge is 0.120 e. The molecule has 4 rings (SSSR count). The highest BCUT2D eigenvalue weighted by Crippen LogP contribution is 2.49. The zero-order valence-corrected chi connectivity index (χ0v) is 21.4. The van der Waals surface area contributed by atoms with E-state index in [4.69, 9.17) is 9.47 Å². The van der Waals surface area contributed by atoms with Crippen LogP contribution in [0.4, 0.5) is 5.69 Å². The number of ether oxygens (including phenoxy) is 2. The van der Waals surface area contributed by atoms with E-state index in [1.54, 1.807) is 12.7 Å². The normalized spacial score (nSPS) is 23.0. The van der Waals surface area contributed by atoms with Gasteiger partial charge in [-0.2, -0.15) is 0 Å². The van der Waals surface area contributed by atoms with Crippen LogP contribution >= 0.6 is 12.4 Å². The zero-order chi connectivity index (χ0) is 21.7. The third kappa shape index (κ3) is 5.93. The molecule has 0 bridgehead atoms. The SMILES string of the molecule is CCC1(CC)CCC(c2ccc(OC)cc2N2CCN(CC3CCOCC3)CC2)CC1.Cl. The van der Waals surface area contributed by atoms with E-state index in [-0.39, 0.29) is 12.4 Å². The summed E-state index contributed by atoms with van der Waals surface area (Å²) in [6, 6.07) is 6.87. The maximum Gasteiger partial charge on any atom is 0.120 e. The highest BCUT2D eigenvalue weighted by Gasteiger charge is 2.34. The van der Waals surface area contributed by atoms with Gasteiger partial charge in [-0.3, -0.25) is 4.90 Å². The number of halogens is 1. The number of methoxy groups -OCH3 is 1. The summed E-state index contributed by atoms with van der Waals surface area (Å²) in [7, 11) is 1.79. The first-order valence-electron chi connectivity index (χ1n) is 12.9. The van der Waals surface area contributed by atoms with Gasteiger partial charge in [0, 0.05) is 57.7 Å². The molecule has 32 heavy (non-hydrogen) atoms. The second-order valence-corrected chi connectivity index (χ2v) is 10.2. The van der Waals surface area contributed by atoms with Crippen molar-refractivity contribution in [2.45, 2.75) is 71.1 Å². The minimum atomic E-state index is 0. The third-order valence-corrected chi connectivity index (χ3v) is 8.79. The fraction of sp³-hybridized carbons (Fsp3) is 0.778. The van der Waals surface area contributed by atoms with E-state index >= 15 is 0 Å². The van der Waals surface area contributed by atoms with Crippen molar-refractivity contribution in [3.8, 4) is 5.75 Å². The first-order chi connectivity index (χ1) is 15.2. The van der Waals surface area contributed by atoms with E-state index in [1.807, 2.05) is 0 Å². The topological polar surface area (TPSA) is 24.9 Å². The lowest BCUT2D eigenvalue weighted by Gasteiger charge is -2.42. The van der Waals surface area contributed by atoms with Gasteiger partial charge in [-0.25, -0.2) is 0 Å². The van der Waals surface area contributed by atoms with E-state index in [2.05, 4.69) is 41.8 Å². The Morgan fingerprint density at radius 3 is 2.22 bits per heavy atom. The first kappa shape index (κ1) is 25.6. The van der Waals surface area contributed by atoms with Gasteiger partial charge < -0.3 is 14.4 Å². The Labute approximate surface area is 202 Å². The van der Waals surface area contributed by atoms with Gasteiger partial charge in [0.15, 0.2) is 0 Å². The van der Waals surface area contributed by atoms with Crippen LogP contribution < -0.4 is 9.64 Å². The van der Waals surface area contributed by atoms with Gasteiger partial charge in [0.1, 0.15) is 5.75 Å². The molecule has 0 aromatic heterocycles. The maximum absolute atomic E-state index is 5.63. The van der Waals surface area contributed by atoms with E-state index in [9.17, 15) is 0 Å². The Morgan fingerprint density at radius 2 is 1.62 bits per heavy atom. The lowest BCUT2D eigenvalue weighted by molar-refractivity contribution is 0.0517. The van der Waals surface area contributed by atoms with Gasteiger partial charge in [0.25, 0.3) is 0 Å². The Balaban J connectivity index is 0.00000289. The molecule has 0 unspecified atom stereocenters. The molecule has 4 nitrogen and oxygen atoms in total. The van der Waals surface area contributed by atoms with Crippen molar-refractivity contribution in [2.24, 2.45) is 11.3 Å². The molecule has 0 amide bonds. The Kier molecular flexibility index (Phi) is 9.57. The number of rotatable bonds is 7. The van der Waals surface area contributed by atoms with Gasteiger partial charge in [-0.05, 0) is 67.4 Å². The van der Waals surface area contributed by atoms with Crippen molar-refractivity contribution in [3.63, 3.8) is 0 Å². The van der Waals surface area contributed by atoms with Gasteiger partial charge in [-0.1, -0.05) is 32.8 Å². The minimum absolute atomic E-state index is 0. The van der Waals surface area contributed by atoms with E-state index in [1.165, 1.54) is 76.7 Å². The van der Waals surface area contributed by atoms with Crippen LogP contribution in [0.15, 0.2) is 18.2 Å². The molecule has 2 aliphatic heterocycles. The van der Waals surface area contributed by atoms with E-state index in [0.29, 0.717) is 11.3 Å². The van der Waals surface area contributed by atoms with Gasteiger partial charge in [0.2, 0.25) is 0 Å². The van der Waals surface area contributed by atoms with Crippen LogP contribution in [0.1, 0.15) is 76.7 Å². The van der Waals surface area contributed by atoms with Crippen LogP contribution in [0.5, 0.6) is 5.75 Å². The van der Waals surface area contributed by atoms with Crippen LogP contribution in [0.3, 0.4) is 0 Å². The Morgan fingerprint density at radius 1 is 0.969 bits per heavy atom. The Bertz CT molecular complexity index is 685. The van der Waals surface area contributed by atoms with Crippen molar-refractivity contribution in [2.75, 3.05) is 57.9 Å². The van der Waals surface area contributed by atoms with Gasteiger partial charge >= 0.3 is 0 Å². The summed E-state index contributed by atoms with van der Waals surface area (Å²) in [5.74, 6) is 2.52. The van der Waals surface area contributed by atoms with Crippen LogP contribution in [0.25, 0.3) is 0 Å². The quantitative estimate of drug-likeness (QED) is 0.484.